The first kappa shape index (κ1) is 22.7. The standard InChI is InChI=1S/C24H22Cl3NO4/c1-2-29-22-9-16(13-28-18-5-6-21-23(11-18)31-8-7-30-21)20(27)12-24(22)32-14-15-3-4-17(25)10-19(15)26/h3-6,9-12,28H,2,7-8,13-14H2,1H3. The third kappa shape index (κ3) is 5.47. The molecule has 0 saturated carbocycles. The third-order valence-electron chi connectivity index (χ3n) is 4.84. The van der Waals surface area contributed by atoms with Gasteiger partial charge in [0.05, 0.1) is 6.61 Å². The molecule has 0 radical (unpaired) electrons. The summed E-state index contributed by atoms with van der Waals surface area (Å²) in [4.78, 5) is 0. The maximum atomic E-state index is 6.55. The van der Waals surface area contributed by atoms with E-state index in [0.717, 1.165) is 28.3 Å². The Balaban J connectivity index is 1.48. The fourth-order valence-electron chi connectivity index (χ4n) is 3.24. The second-order valence-corrected chi connectivity index (χ2v) is 8.31. The number of fused-ring (bicyclic) bond motifs is 1. The summed E-state index contributed by atoms with van der Waals surface area (Å²) in [5.41, 5.74) is 2.60. The van der Waals surface area contributed by atoms with E-state index in [4.69, 9.17) is 53.8 Å². The van der Waals surface area contributed by atoms with Crippen LogP contribution in [-0.2, 0) is 13.2 Å². The minimum absolute atomic E-state index is 0.265. The van der Waals surface area contributed by atoms with Crippen molar-refractivity contribution < 1.29 is 18.9 Å². The Hall–Kier alpha value is -2.47. The molecule has 8 heteroatoms. The van der Waals surface area contributed by atoms with Crippen molar-refractivity contribution in [2.45, 2.75) is 20.1 Å². The fourth-order valence-corrected chi connectivity index (χ4v) is 3.92. The molecule has 0 spiro atoms. The molecule has 4 rings (SSSR count). The van der Waals surface area contributed by atoms with Crippen LogP contribution in [0.3, 0.4) is 0 Å². The first-order valence-electron chi connectivity index (χ1n) is 10.2. The minimum atomic E-state index is 0.265. The lowest BCUT2D eigenvalue weighted by atomic mass is 10.1. The molecule has 1 aliphatic rings. The zero-order chi connectivity index (χ0) is 22.5. The van der Waals surface area contributed by atoms with Crippen LogP contribution in [0.2, 0.25) is 15.1 Å². The lowest BCUT2D eigenvalue weighted by Gasteiger charge is -2.19. The monoisotopic (exact) mass is 493 g/mol. The number of hydrogen-bond donors (Lipinski definition) is 1. The summed E-state index contributed by atoms with van der Waals surface area (Å²) in [6.45, 7) is 4.29. The maximum absolute atomic E-state index is 6.55. The van der Waals surface area contributed by atoms with Gasteiger partial charge in [0.2, 0.25) is 0 Å². The first-order valence-corrected chi connectivity index (χ1v) is 11.3. The highest BCUT2D eigenvalue weighted by molar-refractivity contribution is 6.35. The fraction of sp³-hybridized carbons (Fsp3) is 0.250. The summed E-state index contributed by atoms with van der Waals surface area (Å²) in [5.74, 6) is 2.64. The number of ether oxygens (including phenoxy) is 4. The Bertz CT molecular complexity index is 1110. The van der Waals surface area contributed by atoms with Crippen LogP contribution in [0.5, 0.6) is 23.0 Å². The molecule has 5 nitrogen and oxygen atoms in total. The summed E-state index contributed by atoms with van der Waals surface area (Å²) in [5, 5.41) is 5.05. The van der Waals surface area contributed by atoms with Gasteiger partial charge in [0.1, 0.15) is 19.8 Å². The van der Waals surface area contributed by atoms with Gasteiger partial charge in [-0.25, -0.2) is 0 Å². The second-order valence-electron chi connectivity index (χ2n) is 7.06. The van der Waals surface area contributed by atoms with Gasteiger partial charge in [0, 0.05) is 45.0 Å². The lowest BCUT2D eigenvalue weighted by molar-refractivity contribution is 0.171. The Labute approximate surface area is 202 Å². The molecule has 1 N–H and O–H groups in total. The van der Waals surface area contributed by atoms with Crippen molar-refractivity contribution in [1.29, 1.82) is 0 Å². The number of anilines is 1. The molecule has 0 fully saturated rings. The Morgan fingerprint density at radius 3 is 2.34 bits per heavy atom. The highest BCUT2D eigenvalue weighted by Gasteiger charge is 2.14. The molecule has 0 bridgehead atoms. The summed E-state index contributed by atoms with van der Waals surface area (Å²) in [7, 11) is 0. The van der Waals surface area contributed by atoms with Crippen LogP contribution in [0, 0.1) is 0 Å². The van der Waals surface area contributed by atoms with E-state index in [-0.39, 0.29) is 6.61 Å². The lowest BCUT2D eigenvalue weighted by Crippen LogP contribution is -2.15. The normalized spacial score (nSPS) is 12.4. The molecule has 0 saturated heterocycles. The number of halogens is 3. The Morgan fingerprint density at radius 1 is 0.812 bits per heavy atom. The van der Waals surface area contributed by atoms with Crippen LogP contribution >= 0.6 is 34.8 Å². The van der Waals surface area contributed by atoms with Gasteiger partial charge in [0.15, 0.2) is 23.0 Å². The summed E-state index contributed by atoms with van der Waals surface area (Å²) < 4.78 is 23.0. The molecule has 1 aliphatic heterocycles. The summed E-state index contributed by atoms with van der Waals surface area (Å²) in [6.07, 6.45) is 0. The average molecular weight is 495 g/mol. The summed E-state index contributed by atoms with van der Waals surface area (Å²) in [6, 6.07) is 14.7. The van der Waals surface area contributed by atoms with Crippen LogP contribution in [-0.4, -0.2) is 19.8 Å². The number of rotatable bonds is 8. The maximum Gasteiger partial charge on any atom is 0.163 e. The molecule has 0 unspecified atom stereocenters. The molecule has 0 aromatic heterocycles. The predicted molar refractivity (Wildman–Crippen MR) is 128 cm³/mol. The van der Waals surface area contributed by atoms with Crippen molar-refractivity contribution in [2.24, 2.45) is 0 Å². The third-order valence-corrected chi connectivity index (χ3v) is 5.77. The van der Waals surface area contributed by atoms with E-state index in [0.29, 0.717) is 52.9 Å². The second kappa shape index (κ2) is 10.4. The predicted octanol–water partition coefficient (Wildman–Crippen LogP) is 7.01. The van der Waals surface area contributed by atoms with Crippen molar-refractivity contribution in [2.75, 3.05) is 25.1 Å². The molecular weight excluding hydrogens is 473 g/mol. The molecule has 0 amide bonds. The largest absolute Gasteiger partial charge is 0.490 e. The molecule has 3 aromatic rings. The zero-order valence-electron chi connectivity index (χ0n) is 17.4. The van der Waals surface area contributed by atoms with Crippen LogP contribution in [0.1, 0.15) is 18.1 Å². The molecule has 0 aliphatic carbocycles. The molecule has 3 aromatic carbocycles. The van der Waals surface area contributed by atoms with E-state index >= 15 is 0 Å². The number of nitrogens with one attached hydrogen (secondary N) is 1. The minimum Gasteiger partial charge on any atom is -0.490 e. The van der Waals surface area contributed by atoms with Gasteiger partial charge in [-0.05, 0) is 42.8 Å². The van der Waals surface area contributed by atoms with Crippen LogP contribution < -0.4 is 24.3 Å². The van der Waals surface area contributed by atoms with Crippen molar-refractivity contribution in [3.63, 3.8) is 0 Å². The molecule has 1 heterocycles. The van der Waals surface area contributed by atoms with E-state index in [1.807, 2.05) is 37.3 Å². The van der Waals surface area contributed by atoms with Crippen molar-refractivity contribution in [3.05, 3.63) is 74.7 Å². The van der Waals surface area contributed by atoms with Crippen molar-refractivity contribution >= 4 is 40.5 Å². The molecule has 32 heavy (non-hydrogen) atoms. The number of hydrogen-bond acceptors (Lipinski definition) is 5. The Morgan fingerprint density at radius 2 is 1.56 bits per heavy atom. The van der Waals surface area contributed by atoms with Gasteiger partial charge in [-0.15, -0.1) is 0 Å². The summed E-state index contributed by atoms with van der Waals surface area (Å²) >= 11 is 18.8. The Kier molecular flexibility index (Phi) is 7.40. The van der Waals surface area contributed by atoms with E-state index in [1.165, 1.54) is 0 Å². The average Bonchev–Trinajstić information content (AvgIpc) is 2.79. The van der Waals surface area contributed by atoms with E-state index < -0.39 is 0 Å². The highest BCUT2D eigenvalue weighted by atomic mass is 35.5. The topological polar surface area (TPSA) is 49.0 Å². The molecular formula is C24H22Cl3NO4. The quantitative estimate of drug-likeness (QED) is 0.365. The van der Waals surface area contributed by atoms with Gasteiger partial charge >= 0.3 is 0 Å². The van der Waals surface area contributed by atoms with Gasteiger partial charge in [0.25, 0.3) is 0 Å². The van der Waals surface area contributed by atoms with Crippen LogP contribution in [0.25, 0.3) is 0 Å². The van der Waals surface area contributed by atoms with E-state index in [2.05, 4.69) is 5.32 Å². The van der Waals surface area contributed by atoms with Gasteiger partial charge in [-0.3, -0.25) is 0 Å². The van der Waals surface area contributed by atoms with Crippen molar-refractivity contribution in [1.82, 2.24) is 0 Å². The molecule has 0 atom stereocenters. The van der Waals surface area contributed by atoms with Crippen LogP contribution in [0.15, 0.2) is 48.5 Å². The SMILES string of the molecule is CCOc1cc(CNc2ccc3c(c2)OCCO3)c(Cl)cc1OCc1ccc(Cl)cc1Cl. The molecule has 168 valence electrons. The van der Waals surface area contributed by atoms with Gasteiger partial charge < -0.3 is 24.3 Å². The van der Waals surface area contributed by atoms with Crippen molar-refractivity contribution in [3.8, 4) is 23.0 Å². The van der Waals surface area contributed by atoms with E-state index in [9.17, 15) is 0 Å². The first-order chi connectivity index (χ1) is 15.5. The van der Waals surface area contributed by atoms with Crippen LogP contribution in [0.4, 0.5) is 5.69 Å². The van der Waals surface area contributed by atoms with Gasteiger partial charge in [-0.2, -0.15) is 0 Å². The van der Waals surface area contributed by atoms with E-state index in [1.54, 1.807) is 18.2 Å². The smallest absolute Gasteiger partial charge is 0.163 e. The number of benzene rings is 3. The zero-order valence-corrected chi connectivity index (χ0v) is 19.7. The highest BCUT2D eigenvalue weighted by Crippen LogP contribution is 2.36. The van der Waals surface area contributed by atoms with Gasteiger partial charge in [-0.1, -0.05) is 40.9 Å².